The van der Waals surface area contributed by atoms with Gasteiger partial charge in [-0.25, -0.2) is 0 Å². The van der Waals surface area contributed by atoms with Crippen LogP contribution in [0.1, 0.15) is 43.4 Å². The third-order valence-electron chi connectivity index (χ3n) is 6.19. The summed E-state index contributed by atoms with van der Waals surface area (Å²) < 4.78 is 1.22. The largest absolute Gasteiger partial charge is 0.389 e. The molecular weight excluding hydrogens is 366 g/mol. The summed E-state index contributed by atoms with van der Waals surface area (Å²) in [5.41, 5.74) is 1.59. The molecule has 2 atom stereocenters. The second-order valence-corrected chi connectivity index (χ2v) is 8.94. The lowest BCUT2D eigenvalue weighted by molar-refractivity contribution is -0.0495. The van der Waals surface area contributed by atoms with Crippen LogP contribution in [0, 0.1) is 0 Å². The van der Waals surface area contributed by atoms with E-state index in [1.807, 2.05) is 30.3 Å². The SMILES string of the molecule is CC[C@@H]([C@H](O)c1csc2ccccc12)N1CCC(O)(Cc2ccccc2)CC1. The number of hydrogen-bond donors (Lipinski definition) is 2. The summed E-state index contributed by atoms with van der Waals surface area (Å²) in [7, 11) is 0. The van der Waals surface area contributed by atoms with Gasteiger partial charge in [-0.05, 0) is 41.7 Å². The average molecular weight is 396 g/mol. The number of thiophene rings is 1. The molecule has 1 saturated heterocycles. The topological polar surface area (TPSA) is 43.7 Å². The van der Waals surface area contributed by atoms with Crippen LogP contribution in [0.4, 0.5) is 0 Å². The number of hydrogen-bond acceptors (Lipinski definition) is 4. The third kappa shape index (κ3) is 4.01. The standard InChI is InChI=1S/C24H29NO2S/c1-2-21(23(26)20-17-28-22-11-7-6-10-19(20)22)25-14-12-24(27,13-15-25)16-18-8-4-3-5-9-18/h3-11,17,21,23,26-27H,2,12-16H2,1H3/t21-,23+/m0/s1. The highest BCUT2D eigenvalue weighted by Crippen LogP contribution is 2.36. The summed E-state index contributed by atoms with van der Waals surface area (Å²) in [5, 5.41) is 25.5. The van der Waals surface area contributed by atoms with Crippen molar-refractivity contribution in [1.29, 1.82) is 0 Å². The van der Waals surface area contributed by atoms with Gasteiger partial charge in [-0.2, -0.15) is 0 Å². The van der Waals surface area contributed by atoms with E-state index in [1.54, 1.807) is 11.3 Å². The molecule has 3 aromatic rings. The Hall–Kier alpha value is -1.72. The van der Waals surface area contributed by atoms with Gasteiger partial charge < -0.3 is 10.2 Å². The molecule has 1 aliphatic rings. The summed E-state index contributed by atoms with van der Waals surface area (Å²) >= 11 is 1.70. The first-order valence-electron chi connectivity index (χ1n) is 10.2. The van der Waals surface area contributed by atoms with Crippen molar-refractivity contribution >= 4 is 21.4 Å². The maximum absolute atomic E-state index is 11.2. The van der Waals surface area contributed by atoms with Gasteiger partial charge in [0, 0.05) is 35.8 Å². The van der Waals surface area contributed by atoms with Gasteiger partial charge in [0.2, 0.25) is 0 Å². The molecule has 148 valence electrons. The van der Waals surface area contributed by atoms with Crippen LogP contribution in [0.2, 0.25) is 0 Å². The first kappa shape index (κ1) is 19.6. The van der Waals surface area contributed by atoms with Crippen molar-refractivity contribution in [3.63, 3.8) is 0 Å². The van der Waals surface area contributed by atoms with Crippen LogP contribution in [0.5, 0.6) is 0 Å². The molecular formula is C24H29NO2S. The number of aliphatic hydroxyl groups is 2. The summed E-state index contributed by atoms with van der Waals surface area (Å²) in [6.07, 6.45) is 2.59. The summed E-state index contributed by atoms with van der Waals surface area (Å²) in [6, 6.07) is 18.6. The zero-order chi connectivity index (χ0) is 19.6. The molecule has 2 aromatic carbocycles. The maximum Gasteiger partial charge on any atom is 0.0959 e. The molecule has 0 aliphatic carbocycles. The van der Waals surface area contributed by atoms with Crippen LogP contribution in [0.25, 0.3) is 10.1 Å². The molecule has 4 rings (SSSR count). The van der Waals surface area contributed by atoms with E-state index in [0.717, 1.165) is 43.3 Å². The van der Waals surface area contributed by atoms with Crippen LogP contribution in [0.15, 0.2) is 60.0 Å². The molecule has 1 aromatic heterocycles. The minimum absolute atomic E-state index is 0.0827. The molecule has 0 unspecified atom stereocenters. The van der Waals surface area contributed by atoms with E-state index in [2.05, 4.69) is 41.5 Å². The Morgan fingerprint density at radius 2 is 1.71 bits per heavy atom. The molecule has 1 aliphatic heterocycles. The van der Waals surface area contributed by atoms with Crippen LogP contribution in [-0.4, -0.2) is 39.8 Å². The van der Waals surface area contributed by atoms with Crippen molar-refractivity contribution in [2.24, 2.45) is 0 Å². The molecule has 0 amide bonds. The molecule has 1 fully saturated rings. The lowest BCUT2D eigenvalue weighted by atomic mass is 9.84. The second-order valence-electron chi connectivity index (χ2n) is 8.03. The number of fused-ring (bicyclic) bond motifs is 1. The van der Waals surface area contributed by atoms with E-state index in [-0.39, 0.29) is 6.04 Å². The number of piperidine rings is 1. The second kappa shape index (κ2) is 8.34. The van der Waals surface area contributed by atoms with Crippen LogP contribution in [0.3, 0.4) is 0 Å². The van der Waals surface area contributed by atoms with Gasteiger partial charge in [0.15, 0.2) is 0 Å². The Balaban J connectivity index is 1.45. The Labute approximate surface area is 171 Å². The van der Waals surface area contributed by atoms with Gasteiger partial charge in [-0.15, -0.1) is 11.3 Å². The maximum atomic E-state index is 11.2. The Morgan fingerprint density at radius 1 is 1.04 bits per heavy atom. The van der Waals surface area contributed by atoms with Crippen molar-refractivity contribution in [3.05, 3.63) is 71.1 Å². The van der Waals surface area contributed by atoms with E-state index in [0.29, 0.717) is 6.42 Å². The average Bonchev–Trinajstić information content (AvgIpc) is 3.15. The van der Waals surface area contributed by atoms with Gasteiger partial charge >= 0.3 is 0 Å². The van der Waals surface area contributed by atoms with Crippen molar-refractivity contribution in [2.45, 2.75) is 50.4 Å². The number of aliphatic hydroxyl groups excluding tert-OH is 1. The van der Waals surface area contributed by atoms with Gasteiger partial charge in [-0.3, -0.25) is 4.90 Å². The van der Waals surface area contributed by atoms with Crippen molar-refractivity contribution in [1.82, 2.24) is 4.90 Å². The highest BCUT2D eigenvalue weighted by molar-refractivity contribution is 7.17. The highest BCUT2D eigenvalue weighted by atomic mass is 32.1. The Bertz CT molecular complexity index is 899. The fraction of sp³-hybridized carbons (Fsp3) is 0.417. The highest BCUT2D eigenvalue weighted by Gasteiger charge is 2.36. The lowest BCUT2D eigenvalue weighted by Gasteiger charge is -2.43. The number of likely N-dealkylation sites (tertiary alicyclic amines) is 1. The smallest absolute Gasteiger partial charge is 0.0959 e. The minimum atomic E-state index is -0.643. The Kier molecular flexibility index (Phi) is 5.83. The van der Waals surface area contributed by atoms with Gasteiger partial charge in [-0.1, -0.05) is 55.5 Å². The van der Waals surface area contributed by atoms with Gasteiger partial charge in [0.25, 0.3) is 0 Å². The zero-order valence-electron chi connectivity index (χ0n) is 16.4. The minimum Gasteiger partial charge on any atom is -0.389 e. The predicted octanol–water partition coefficient (Wildman–Crippen LogP) is 4.78. The van der Waals surface area contributed by atoms with Crippen molar-refractivity contribution in [3.8, 4) is 0 Å². The first-order chi connectivity index (χ1) is 13.6. The van der Waals surface area contributed by atoms with E-state index in [1.165, 1.54) is 10.3 Å². The molecule has 0 bridgehead atoms. The number of benzene rings is 2. The van der Waals surface area contributed by atoms with Crippen molar-refractivity contribution in [2.75, 3.05) is 13.1 Å². The molecule has 28 heavy (non-hydrogen) atoms. The summed E-state index contributed by atoms with van der Waals surface area (Å²) in [6.45, 7) is 3.79. The monoisotopic (exact) mass is 395 g/mol. The van der Waals surface area contributed by atoms with E-state index < -0.39 is 11.7 Å². The van der Waals surface area contributed by atoms with Crippen molar-refractivity contribution < 1.29 is 10.2 Å². The van der Waals surface area contributed by atoms with Gasteiger partial charge in [0.05, 0.1) is 11.7 Å². The third-order valence-corrected chi connectivity index (χ3v) is 7.17. The predicted molar refractivity (Wildman–Crippen MR) is 117 cm³/mol. The molecule has 3 nitrogen and oxygen atoms in total. The van der Waals surface area contributed by atoms with E-state index >= 15 is 0 Å². The molecule has 0 saturated carbocycles. The fourth-order valence-corrected chi connectivity index (χ4v) is 5.53. The lowest BCUT2D eigenvalue weighted by Crippen LogP contribution is -2.50. The van der Waals surface area contributed by atoms with E-state index in [9.17, 15) is 10.2 Å². The summed E-state index contributed by atoms with van der Waals surface area (Å²) in [4.78, 5) is 2.37. The number of rotatable bonds is 6. The first-order valence-corrected chi connectivity index (χ1v) is 11.1. The molecule has 0 radical (unpaired) electrons. The van der Waals surface area contributed by atoms with Gasteiger partial charge in [0.1, 0.15) is 0 Å². The normalized spacial score (nSPS) is 19.5. The quantitative estimate of drug-likeness (QED) is 0.631. The van der Waals surface area contributed by atoms with E-state index in [4.69, 9.17) is 0 Å². The van der Waals surface area contributed by atoms with Crippen LogP contribution in [-0.2, 0) is 6.42 Å². The van der Waals surface area contributed by atoms with Crippen LogP contribution >= 0.6 is 11.3 Å². The molecule has 4 heteroatoms. The Morgan fingerprint density at radius 3 is 2.43 bits per heavy atom. The number of nitrogens with zero attached hydrogens (tertiary/aromatic N) is 1. The summed E-state index contributed by atoms with van der Waals surface area (Å²) in [5.74, 6) is 0. The molecule has 2 N–H and O–H groups in total. The molecule has 2 heterocycles. The molecule has 0 spiro atoms. The fourth-order valence-electron chi connectivity index (χ4n) is 4.54. The van der Waals surface area contributed by atoms with Crippen LogP contribution < -0.4 is 0 Å². The zero-order valence-corrected chi connectivity index (χ0v) is 17.2.